The highest BCUT2D eigenvalue weighted by atomic mass is 16.6. The van der Waals surface area contributed by atoms with Gasteiger partial charge in [0.1, 0.15) is 5.60 Å². The van der Waals surface area contributed by atoms with Crippen molar-refractivity contribution >= 4 is 22.7 Å². The van der Waals surface area contributed by atoms with Crippen molar-refractivity contribution in [2.24, 2.45) is 0 Å². The van der Waals surface area contributed by atoms with E-state index >= 15 is 0 Å². The van der Waals surface area contributed by atoms with Crippen LogP contribution in [0.1, 0.15) is 43.5 Å². The fraction of sp³-hybridized carbons (Fsp3) is 0.222. The second-order valence-corrected chi connectivity index (χ2v) is 9.13. The van der Waals surface area contributed by atoms with E-state index in [2.05, 4.69) is 60.8 Å². The number of benzene rings is 3. The number of aromatic nitrogens is 1. The molecule has 1 heterocycles. The number of anilines is 1. The van der Waals surface area contributed by atoms with Crippen LogP contribution in [-0.2, 0) is 4.74 Å². The molecule has 0 fully saturated rings. The summed E-state index contributed by atoms with van der Waals surface area (Å²) in [7, 11) is 0. The number of rotatable bonds is 2. The fourth-order valence-electron chi connectivity index (χ4n) is 4.41. The molecule has 0 radical (unpaired) electrons. The molecule has 0 amide bonds. The van der Waals surface area contributed by atoms with E-state index in [0.29, 0.717) is 0 Å². The lowest BCUT2D eigenvalue weighted by Crippen LogP contribution is -2.27. The highest BCUT2D eigenvalue weighted by molar-refractivity contribution is 6.03. The molecule has 1 aromatic heterocycles. The van der Waals surface area contributed by atoms with Gasteiger partial charge in [-0.3, -0.25) is 0 Å². The van der Waals surface area contributed by atoms with Crippen LogP contribution < -0.4 is 5.32 Å². The Bertz CT molecular complexity index is 1290. The highest BCUT2D eigenvalue weighted by Crippen LogP contribution is 2.49. The zero-order valence-corrected chi connectivity index (χ0v) is 18.3. The van der Waals surface area contributed by atoms with Crippen molar-refractivity contribution in [1.82, 2.24) is 4.57 Å². The Morgan fingerprint density at radius 2 is 1.61 bits per heavy atom. The van der Waals surface area contributed by atoms with Crippen molar-refractivity contribution in [3.05, 3.63) is 89.5 Å². The van der Waals surface area contributed by atoms with Gasteiger partial charge in [-0.15, -0.1) is 0 Å². The molecule has 1 aliphatic carbocycles. The van der Waals surface area contributed by atoms with Gasteiger partial charge >= 0.3 is 6.09 Å². The number of para-hydroxylation sites is 1. The van der Waals surface area contributed by atoms with Gasteiger partial charge < -0.3 is 10.1 Å². The van der Waals surface area contributed by atoms with E-state index in [1.807, 2.05) is 45.0 Å². The summed E-state index contributed by atoms with van der Waals surface area (Å²) < 4.78 is 7.54. The number of nitrogens with zero attached hydrogens (tertiary/aromatic N) is 1. The summed E-state index contributed by atoms with van der Waals surface area (Å²) >= 11 is 0. The summed E-state index contributed by atoms with van der Waals surface area (Å²) in [5.41, 5.74) is 6.81. The Balaban J connectivity index is 1.74. The van der Waals surface area contributed by atoms with Crippen molar-refractivity contribution in [3.8, 4) is 11.3 Å². The molecule has 156 valence electrons. The van der Waals surface area contributed by atoms with E-state index < -0.39 is 5.60 Å². The Labute approximate surface area is 182 Å². The molecular weight excluding hydrogens is 384 g/mol. The normalized spacial score (nSPS) is 14.9. The molecule has 4 aromatic rings. The van der Waals surface area contributed by atoms with E-state index in [-0.39, 0.29) is 12.1 Å². The number of aryl methyl sites for hydroxylation is 1. The van der Waals surface area contributed by atoms with Crippen molar-refractivity contribution in [1.29, 1.82) is 0 Å². The minimum Gasteiger partial charge on any atom is -0.443 e. The Kier molecular flexibility index (Phi) is 4.40. The SMILES string of the molecule is Cc1ccc(NC2c3ccccc3-c3c2c2ccccc2n3C(=O)OC(C)(C)C)cc1. The number of carbonyl (C=O) groups excluding carboxylic acids is 1. The molecule has 4 heteroatoms. The van der Waals surface area contributed by atoms with Crippen molar-refractivity contribution in [2.45, 2.75) is 39.3 Å². The van der Waals surface area contributed by atoms with E-state index in [1.54, 1.807) is 4.57 Å². The molecule has 0 saturated carbocycles. The maximum Gasteiger partial charge on any atom is 0.419 e. The highest BCUT2D eigenvalue weighted by Gasteiger charge is 2.37. The van der Waals surface area contributed by atoms with E-state index in [9.17, 15) is 4.79 Å². The average Bonchev–Trinajstić information content (AvgIpc) is 3.22. The maximum atomic E-state index is 13.3. The zero-order valence-electron chi connectivity index (χ0n) is 18.3. The van der Waals surface area contributed by atoms with Crippen molar-refractivity contribution < 1.29 is 9.53 Å². The Morgan fingerprint density at radius 1 is 0.935 bits per heavy atom. The van der Waals surface area contributed by atoms with Gasteiger partial charge in [-0.2, -0.15) is 0 Å². The monoisotopic (exact) mass is 410 g/mol. The lowest BCUT2D eigenvalue weighted by molar-refractivity contribution is 0.0547. The molecular formula is C27H26N2O2. The van der Waals surface area contributed by atoms with Gasteiger partial charge in [-0.25, -0.2) is 9.36 Å². The van der Waals surface area contributed by atoms with Crippen LogP contribution in [-0.4, -0.2) is 16.3 Å². The minimum absolute atomic E-state index is 0.0532. The first-order valence-electron chi connectivity index (χ1n) is 10.6. The van der Waals surface area contributed by atoms with Crippen molar-refractivity contribution in [3.63, 3.8) is 0 Å². The first-order valence-corrected chi connectivity index (χ1v) is 10.6. The van der Waals surface area contributed by atoms with E-state index in [1.165, 1.54) is 5.56 Å². The number of nitrogens with one attached hydrogen (secondary N) is 1. The summed E-state index contributed by atoms with van der Waals surface area (Å²) in [5, 5.41) is 4.77. The molecule has 1 aliphatic rings. The zero-order chi connectivity index (χ0) is 21.8. The molecule has 0 saturated heterocycles. The summed E-state index contributed by atoms with van der Waals surface area (Å²) in [5.74, 6) is 0. The molecule has 3 aromatic carbocycles. The van der Waals surface area contributed by atoms with Crippen LogP contribution in [0.3, 0.4) is 0 Å². The second kappa shape index (κ2) is 7.02. The van der Waals surface area contributed by atoms with Crippen molar-refractivity contribution in [2.75, 3.05) is 5.32 Å². The van der Waals surface area contributed by atoms with Crippen LogP contribution >= 0.6 is 0 Å². The van der Waals surface area contributed by atoms with Gasteiger partial charge in [-0.1, -0.05) is 60.2 Å². The van der Waals surface area contributed by atoms with Gasteiger partial charge in [0.25, 0.3) is 0 Å². The first kappa shape index (κ1) is 19.4. The van der Waals surface area contributed by atoms with Crippen LogP contribution in [0.2, 0.25) is 0 Å². The predicted octanol–water partition coefficient (Wildman–Crippen LogP) is 6.91. The maximum absolute atomic E-state index is 13.3. The summed E-state index contributed by atoms with van der Waals surface area (Å²) in [6.45, 7) is 7.77. The molecule has 0 spiro atoms. The van der Waals surface area contributed by atoms with Gasteiger partial charge in [-0.05, 0) is 51.5 Å². The number of hydrogen-bond acceptors (Lipinski definition) is 3. The third kappa shape index (κ3) is 3.28. The molecule has 0 bridgehead atoms. The van der Waals surface area contributed by atoms with E-state index in [4.69, 9.17) is 4.74 Å². The summed E-state index contributed by atoms with van der Waals surface area (Å²) in [4.78, 5) is 13.3. The average molecular weight is 411 g/mol. The molecule has 1 unspecified atom stereocenters. The lowest BCUT2D eigenvalue weighted by Gasteiger charge is -2.21. The topological polar surface area (TPSA) is 43.3 Å². The molecule has 1 N–H and O–H groups in total. The van der Waals surface area contributed by atoms with Gasteiger partial charge in [0, 0.05) is 22.2 Å². The van der Waals surface area contributed by atoms with Gasteiger partial charge in [0.05, 0.1) is 17.3 Å². The molecule has 1 atom stereocenters. The second-order valence-electron chi connectivity index (χ2n) is 9.13. The number of carbonyl (C=O) groups is 1. The van der Waals surface area contributed by atoms with Crippen LogP contribution in [0.5, 0.6) is 0 Å². The predicted molar refractivity (Wildman–Crippen MR) is 126 cm³/mol. The first-order chi connectivity index (χ1) is 14.8. The minimum atomic E-state index is -0.576. The van der Waals surface area contributed by atoms with Crippen LogP contribution in [0, 0.1) is 6.92 Å². The molecule has 0 aliphatic heterocycles. The lowest BCUT2D eigenvalue weighted by atomic mass is 10.0. The largest absolute Gasteiger partial charge is 0.443 e. The smallest absolute Gasteiger partial charge is 0.419 e. The standard InChI is InChI=1S/C27H26N2O2/c1-17-13-15-18(16-14-17)28-24-19-9-5-6-10-20(19)25-23(24)21-11-7-8-12-22(21)29(25)26(30)31-27(2,3)4/h5-16,24,28H,1-4H3. The third-order valence-electron chi connectivity index (χ3n) is 5.67. The number of ether oxygens (including phenoxy) is 1. The van der Waals surface area contributed by atoms with Crippen LogP contribution in [0.15, 0.2) is 72.8 Å². The van der Waals surface area contributed by atoms with Gasteiger partial charge in [0.2, 0.25) is 0 Å². The molecule has 4 nitrogen and oxygen atoms in total. The number of hydrogen-bond donors (Lipinski definition) is 1. The summed E-state index contributed by atoms with van der Waals surface area (Å²) in [6, 6.07) is 24.7. The quantitative estimate of drug-likeness (QED) is 0.390. The molecule has 5 rings (SSSR count). The fourth-order valence-corrected chi connectivity index (χ4v) is 4.41. The van der Waals surface area contributed by atoms with Crippen LogP contribution in [0.25, 0.3) is 22.2 Å². The van der Waals surface area contributed by atoms with Gasteiger partial charge in [0.15, 0.2) is 0 Å². The van der Waals surface area contributed by atoms with E-state index in [0.717, 1.165) is 39.0 Å². The summed E-state index contributed by atoms with van der Waals surface area (Å²) in [6.07, 6.45) is -0.351. The Hall–Kier alpha value is -3.53. The van der Waals surface area contributed by atoms with Crippen LogP contribution in [0.4, 0.5) is 10.5 Å². The third-order valence-corrected chi connectivity index (χ3v) is 5.67. The number of fused-ring (bicyclic) bond motifs is 5. The molecule has 31 heavy (non-hydrogen) atoms. The Morgan fingerprint density at radius 3 is 2.35 bits per heavy atom.